The van der Waals surface area contributed by atoms with E-state index >= 15 is 0 Å². The number of fused-ring (bicyclic) bond motifs is 1. The fourth-order valence-corrected chi connectivity index (χ4v) is 2.66. The first-order chi connectivity index (χ1) is 11.4. The lowest BCUT2D eigenvalue weighted by atomic mass is 10.1. The lowest BCUT2D eigenvalue weighted by Gasteiger charge is -2.07. The molecule has 0 amide bonds. The number of benzene rings is 2. The normalized spacial score (nSPS) is 10.5. The molecule has 2 aromatic carbocycles. The third-order valence-corrected chi connectivity index (χ3v) is 3.86. The predicted octanol–water partition coefficient (Wildman–Crippen LogP) is -0.125. The molecule has 0 aliphatic rings. The average Bonchev–Trinajstić information content (AvgIpc) is 3.01. The maximum absolute atomic E-state index is 8.73. The molecule has 0 aliphatic carbocycles. The van der Waals surface area contributed by atoms with Crippen molar-refractivity contribution in [1.29, 1.82) is 0 Å². The van der Waals surface area contributed by atoms with Gasteiger partial charge >= 0.3 is 0 Å². The SMILES string of the molecule is OCCOc1ccc(CNCCc2c[nH]c3ccccc23)cc1.[Cl-]. The first-order valence-corrected chi connectivity index (χ1v) is 7.95. The van der Waals surface area contributed by atoms with Crippen LogP contribution in [0.5, 0.6) is 5.75 Å². The first kappa shape index (κ1) is 18.3. The molecular weight excluding hydrogens is 324 g/mol. The van der Waals surface area contributed by atoms with Crippen molar-refractivity contribution in [2.45, 2.75) is 13.0 Å². The molecule has 3 rings (SSSR count). The van der Waals surface area contributed by atoms with Gasteiger partial charge in [0.25, 0.3) is 0 Å². The van der Waals surface area contributed by atoms with Gasteiger partial charge in [0.15, 0.2) is 0 Å². The minimum absolute atomic E-state index is 0. The molecule has 24 heavy (non-hydrogen) atoms. The van der Waals surface area contributed by atoms with Gasteiger partial charge in [-0.1, -0.05) is 30.3 Å². The van der Waals surface area contributed by atoms with Gasteiger partial charge in [-0.2, -0.15) is 0 Å². The molecule has 0 spiro atoms. The Bertz CT molecular complexity index is 740. The molecule has 0 fully saturated rings. The van der Waals surface area contributed by atoms with Gasteiger partial charge in [-0.3, -0.25) is 0 Å². The Morgan fingerprint density at radius 3 is 2.62 bits per heavy atom. The van der Waals surface area contributed by atoms with Crippen molar-refractivity contribution < 1.29 is 22.3 Å². The molecule has 3 aromatic rings. The van der Waals surface area contributed by atoms with Crippen LogP contribution in [0, 0.1) is 0 Å². The average molecular weight is 346 g/mol. The fourth-order valence-electron chi connectivity index (χ4n) is 2.66. The molecule has 0 aliphatic heterocycles. The van der Waals surface area contributed by atoms with Gasteiger partial charge in [0.2, 0.25) is 0 Å². The van der Waals surface area contributed by atoms with Crippen molar-refractivity contribution in [3.63, 3.8) is 0 Å². The largest absolute Gasteiger partial charge is 1.00 e. The second kappa shape index (κ2) is 9.33. The van der Waals surface area contributed by atoms with Crippen molar-refractivity contribution in [1.82, 2.24) is 10.3 Å². The van der Waals surface area contributed by atoms with Crippen molar-refractivity contribution >= 4 is 10.9 Å². The number of hydrogen-bond donors (Lipinski definition) is 3. The molecule has 0 saturated heterocycles. The molecule has 5 heteroatoms. The number of rotatable bonds is 8. The molecule has 0 radical (unpaired) electrons. The molecule has 0 unspecified atom stereocenters. The number of hydrogen-bond acceptors (Lipinski definition) is 3. The van der Waals surface area contributed by atoms with Crippen molar-refractivity contribution in [3.8, 4) is 5.75 Å². The third-order valence-electron chi connectivity index (χ3n) is 3.86. The van der Waals surface area contributed by atoms with Gasteiger partial charge < -0.3 is 32.6 Å². The molecule has 3 N–H and O–H groups in total. The van der Waals surface area contributed by atoms with Crippen LogP contribution in [0.1, 0.15) is 11.1 Å². The first-order valence-electron chi connectivity index (χ1n) is 7.95. The Balaban J connectivity index is 0.00000208. The highest BCUT2D eigenvalue weighted by molar-refractivity contribution is 5.83. The minimum atomic E-state index is 0. The summed E-state index contributed by atoms with van der Waals surface area (Å²) in [6.07, 6.45) is 3.10. The Morgan fingerprint density at radius 1 is 1.04 bits per heavy atom. The summed E-state index contributed by atoms with van der Waals surface area (Å²) in [6.45, 7) is 2.15. The van der Waals surface area contributed by atoms with Crippen LogP contribution in [0.15, 0.2) is 54.7 Å². The zero-order valence-corrected chi connectivity index (χ0v) is 14.2. The Morgan fingerprint density at radius 2 is 1.83 bits per heavy atom. The number of aliphatic hydroxyl groups excluding tert-OH is 1. The predicted molar refractivity (Wildman–Crippen MR) is 92.7 cm³/mol. The van der Waals surface area contributed by atoms with Gasteiger partial charge in [0, 0.05) is 23.6 Å². The zero-order valence-electron chi connectivity index (χ0n) is 13.5. The van der Waals surface area contributed by atoms with Crippen molar-refractivity contribution in [2.75, 3.05) is 19.8 Å². The van der Waals surface area contributed by atoms with Gasteiger partial charge in [0.05, 0.1) is 6.61 Å². The third kappa shape index (κ3) is 4.74. The van der Waals surface area contributed by atoms with Crippen LogP contribution in [0.2, 0.25) is 0 Å². The summed E-state index contributed by atoms with van der Waals surface area (Å²) in [5.41, 5.74) is 3.77. The van der Waals surface area contributed by atoms with Crippen LogP contribution in [-0.2, 0) is 13.0 Å². The maximum atomic E-state index is 8.73. The number of ether oxygens (including phenoxy) is 1. The van der Waals surface area contributed by atoms with Crippen LogP contribution < -0.4 is 22.5 Å². The molecule has 0 atom stereocenters. The second-order valence-electron chi connectivity index (χ2n) is 5.50. The van der Waals surface area contributed by atoms with Gasteiger partial charge in [0.1, 0.15) is 12.4 Å². The van der Waals surface area contributed by atoms with E-state index in [1.54, 1.807) is 0 Å². The van der Waals surface area contributed by atoms with Crippen LogP contribution in [0.3, 0.4) is 0 Å². The Labute approximate surface area is 148 Å². The van der Waals surface area contributed by atoms with E-state index in [0.717, 1.165) is 25.3 Å². The standard InChI is InChI=1S/C19H22N2O2.ClH/c22-11-12-23-17-7-5-15(6-8-17)13-20-10-9-16-14-21-19-4-2-1-3-18(16)19;/h1-8,14,20-22H,9-13H2;1H/p-1. The van der Waals surface area contributed by atoms with E-state index in [2.05, 4.69) is 40.8 Å². The van der Waals surface area contributed by atoms with E-state index in [4.69, 9.17) is 9.84 Å². The monoisotopic (exact) mass is 345 g/mol. The molecule has 0 saturated carbocycles. The van der Waals surface area contributed by atoms with Crippen LogP contribution in [0.25, 0.3) is 10.9 Å². The number of para-hydroxylation sites is 1. The van der Waals surface area contributed by atoms with Crippen LogP contribution in [-0.4, -0.2) is 29.8 Å². The zero-order chi connectivity index (χ0) is 15.9. The molecule has 128 valence electrons. The van der Waals surface area contributed by atoms with Gasteiger partial charge in [-0.05, 0) is 42.3 Å². The van der Waals surface area contributed by atoms with Gasteiger partial charge in [-0.15, -0.1) is 0 Å². The van der Waals surface area contributed by atoms with E-state index in [-0.39, 0.29) is 19.0 Å². The molecular formula is C19H22ClN2O2-. The summed E-state index contributed by atoms with van der Waals surface area (Å²) in [7, 11) is 0. The summed E-state index contributed by atoms with van der Waals surface area (Å²) in [6, 6.07) is 16.4. The smallest absolute Gasteiger partial charge is 0.119 e. The number of aromatic nitrogens is 1. The lowest BCUT2D eigenvalue weighted by Crippen LogP contribution is -3.00. The lowest BCUT2D eigenvalue weighted by molar-refractivity contribution is -0.00000586. The Kier molecular flexibility index (Phi) is 7.12. The second-order valence-corrected chi connectivity index (χ2v) is 5.50. The summed E-state index contributed by atoms with van der Waals surface area (Å²) in [4.78, 5) is 3.31. The van der Waals surface area contributed by atoms with E-state index in [0.29, 0.717) is 6.61 Å². The van der Waals surface area contributed by atoms with Crippen LogP contribution in [0.4, 0.5) is 0 Å². The summed E-state index contributed by atoms with van der Waals surface area (Å²) in [5, 5.41) is 13.5. The molecule has 1 aromatic heterocycles. The minimum Gasteiger partial charge on any atom is -1.00 e. The van der Waals surface area contributed by atoms with Gasteiger partial charge in [-0.25, -0.2) is 0 Å². The summed E-state index contributed by atoms with van der Waals surface area (Å²) >= 11 is 0. The fraction of sp³-hybridized carbons (Fsp3) is 0.263. The van der Waals surface area contributed by atoms with E-state index in [9.17, 15) is 0 Å². The van der Waals surface area contributed by atoms with Crippen molar-refractivity contribution in [2.24, 2.45) is 0 Å². The molecule has 1 heterocycles. The number of aliphatic hydroxyl groups is 1. The van der Waals surface area contributed by atoms with E-state index in [1.807, 2.05) is 24.3 Å². The summed E-state index contributed by atoms with van der Waals surface area (Å²) in [5.74, 6) is 0.793. The topological polar surface area (TPSA) is 57.3 Å². The Hall–Kier alpha value is -2.01. The maximum Gasteiger partial charge on any atom is 0.119 e. The quantitative estimate of drug-likeness (QED) is 0.499. The highest BCUT2D eigenvalue weighted by Gasteiger charge is 2.02. The number of halogens is 1. The van der Waals surface area contributed by atoms with E-state index < -0.39 is 0 Å². The molecule has 0 bridgehead atoms. The number of aromatic amines is 1. The highest BCUT2D eigenvalue weighted by atomic mass is 35.5. The van der Waals surface area contributed by atoms with Crippen molar-refractivity contribution in [3.05, 3.63) is 65.9 Å². The summed E-state index contributed by atoms with van der Waals surface area (Å²) < 4.78 is 5.35. The number of H-pyrrole nitrogens is 1. The van der Waals surface area contributed by atoms with Crippen LogP contribution >= 0.6 is 0 Å². The highest BCUT2D eigenvalue weighted by Crippen LogP contribution is 2.17. The molecule has 4 nitrogen and oxygen atoms in total. The van der Waals surface area contributed by atoms with E-state index in [1.165, 1.54) is 22.0 Å². The number of nitrogens with one attached hydrogen (secondary N) is 2.